The predicted molar refractivity (Wildman–Crippen MR) is 63.2 cm³/mol. The highest BCUT2D eigenvalue weighted by Gasteiger charge is 2.15. The summed E-state index contributed by atoms with van der Waals surface area (Å²) in [4.78, 5) is 15.6. The normalized spacial score (nSPS) is 12.2. The number of thioether (sulfide) groups is 1. The molecule has 0 saturated heterocycles. The second-order valence-electron chi connectivity index (χ2n) is 4.44. The molecular weight excluding hydrogens is 224 g/mol. The van der Waals surface area contributed by atoms with Crippen molar-refractivity contribution in [2.24, 2.45) is 0 Å². The Morgan fingerprint density at radius 2 is 2.12 bits per heavy atom. The molecule has 0 bridgehead atoms. The third-order valence-electron chi connectivity index (χ3n) is 1.81. The van der Waals surface area contributed by atoms with Gasteiger partial charge in [-0.3, -0.25) is 0 Å². The molecule has 0 amide bonds. The summed E-state index contributed by atoms with van der Waals surface area (Å²) in [5.74, 6) is 0.395. The van der Waals surface area contributed by atoms with Gasteiger partial charge in [-0.25, -0.2) is 15.0 Å². The van der Waals surface area contributed by atoms with Gasteiger partial charge in [0.15, 0.2) is 16.6 Å². The Morgan fingerprint density at radius 3 is 2.75 bits per heavy atom. The van der Waals surface area contributed by atoms with E-state index in [1.54, 1.807) is 18.0 Å². The molecule has 0 atom stereocenters. The van der Waals surface area contributed by atoms with E-state index in [0.717, 1.165) is 10.7 Å². The summed E-state index contributed by atoms with van der Waals surface area (Å²) in [6.07, 6.45) is 1.65. The maximum absolute atomic E-state index is 8.92. The molecule has 86 valence electrons. The molecule has 6 heteroatoms. The molecule has 0 aliphatic rings. The molecule has 2 aromatic heterocycles. The van der Waals surface area contributed by atoms with Crippen molar-refractivity contribution in [3.8, 4) is 0 Å². The van der Waals surface area contributed by atoms with Gasteiger partial charge in [-0.1, -0.05) is 32.5 Å². The van der Waals surface area contributed by atoms with E-state index in [4.69, 9.17) is 5.11 Å². The van der Waals surface area contributed by atoms with Gasteiger partial charge in [0, 0.05) is 4.75 Å². The average Bonchev–Trinajstić information content (AvgIpc) is 2.55. The molecule has 0 unspecified atom stereocenters. The summed E-state index contributed by atoms with van der Waals surface area (Å²) in [7, 11) is 0. The molecule has 2 N–H and O–H groups in total. The van der Waals surface area contributed by atoms with Crippen LogP contribution in [0.5, 0.6) is 0 Å². The van der Waals surface area contributed by atoms with Crippen molar-refractivity contribution in [1.82, 2.24) is 19.9 Å². The fourth-order valence-corrected chi connectivity index (χ4v) is 2.11. The Bertz CT molecular complexity index is 503. The number of aromatic amines is 1. The van der Waals surface area contributed by atoms with Crippen LogP contribution in [-0.2, 0) is 6.61 Å². The van der Waals surface area contributed by atoms with Gasteiger partial charge < -0.3 is 10.1 Å². The van der Waals surface area contributed by atoms with Crippen molar-refractivity contribution in [3.63, 3.8) is 0 Å². The number of rotatable bonds is 2. The highest BCUT2D eigenvalue weighted by atomic mass is 32.2. The zero-order valence-corrected chi connectivity index (χ0v) is 10.3. The number of hydrogen-bond donors (Lipinski definition) is 2. The molecule has 0 aliphatic heterocycles. The van der Waals surface area contributed by atoms with Gasteiger partial charge in [0.2, 0.25) is 0 Å². The van der Waals surface area contributed by atoms with E-state index < -0.39 is 0 Å². The van der Waals surface area contributed by atoms with Gasteiger partial charge in [0.1, 0.15) is 12.1 Å². The second-order valence-corrected chi connectivity index (χ2v) is 6.25. The Kier molecular flexibility index (Phi) is 2.86. The monoisotopic (exact) mass is 238 g/mol. The fourth-order valence-electron chi connectivity index (χ4n) is 1.24. The van der Waals surface area contributed by atoms with Gasteiger partial charge >= 0.3 is 0 Å². The summed E-state index contributed by atoms with van der Waals surface area (Å²) in [6.45, 7) is 6.20. The molecule has 2 aromatic rings. The van der Waals surface area contributed by atoms with Crippen LogP contribution in [0.3, 0.4) is 0 Å². The smallest absolute Gasteiger partial charge is 0.182 e. The Hall–Kier alpha value is -1.14. The largest absolute Gasteiger partial charge is 0.388 e. The molecule has 0 fully saturated rings. The number of hydrogen-bond acceptors (Lipinski definition) is 5. The van der Waals surface area contributed by atoms with Crippen LogP contribution in [0.15, 0.2) is 11.4 Å². The molecule has 0 radical (unpaired) electrons. The Balaban J connectivity index is 2.36. The van der Waals surface area contributed by atoms with Crippen molar-refractivity contribution in [1.29, 1.82) is 0 Å². The van der Waals surface area contributed by atoms with Gasteiger partial charge in [-0.15, -0.1) is 0 Å². The van der Waals surface area contributed by atoms with Crippen LogP contribution in [0.2, 0.25) is 0 Å². The van der Waals surface area contributed by atoms with Crippen molar-refractivity contribution in [2.75, 3.05) is 0 Å². The van der Waals surface area contributed by atoms with Crippen LogP contribution < -0.4 is 0 Å². The van der Waals surface area contributed by atoms with Crippen LogP contribution >= 0.6 is 11.8 Å². The van der Waals surface area contributed by atoms with E-state index in [-0.39, 0.29) is 11.4 Å². The van der Waals surface area contributed by atoms with E-state index in [1.807, 2.05) is 0 Å². The van der Waals surface area contributed by atoms with Crippen molar-refractivity contribution in [2.45, 2.75) is 37.3 Å². The number of nitrogens with one attached hydrogen (secondary N) is 1. The minimum absolute atomic E-state index is 0.0983. The van der Waals surface area contributed by atoms with E-state index >= 15 is 0 Å². The van der Waals surface area contributed by atoms with Crippen LogP contribution in [0.25, 0.3) is 11.2 Å². The quantitative estimate of drug-likeness (QED) is 0.779. The number of nitrogens with zero attached hydrogens (tertiary/aromatic N) is 3. The zero-order valence-electron chi connectivity index (χ0n) is 9.48. The number of H-pyrrole nitrogens is 1. The first-order valence-electron chi connectivity index (χ1n) is 4.99. The lowest BCUT2D eigenvalue weighted by Gasteiger charge is -2.14. The third-order valence-corrected chi connectivity index (χ3v) is 2.81. The molecule has 2 heterocycles. The predicted octanol–water partition coefficient (Wildman–Crippen LogP) is 1.74. The average molecular weight is 238 g/mol. The molecule has 0 saturated carbocycles. The SMILES string of the molecule is CC(C)(C)Sc1nc2nc(CO)ncc2[nH]1. The summed E-state index contributed by atoms with van der Waals surface area (Å²) < 4.78 is 0.0983. The van der Waals surface area contributed by atoms with E-state index in [2.05, 4.69) is 40.7 Å². The zero-order chi connectivity index (χ0) is 11.8. The number of aliphatic hydroxyl groups excluding tert-OH is 1. The minimum atomic E-state index is -0.162. The molecule has 2 rings (SSSR count). The highest BCUT2D eigenvalue weighted by molar-refractivity contribution is 8.00. The van der Waals surface area contributed by atoms with Gasteiger partial charge in [0.05, 0.1) is 6.20 Å². The number of aromatic nitrogens is 4. The molecule has 0 spiro atoms. The molecule has 5 nitrogen and oxygen atoms in total. The minimum Gasteiger partial charge on any atom is -0.388 e. The van der Waals surface area contributed by atoms with Crippen molar-refractivity contribution in [3.05, 3.63) is 12.0 Å². The summed E-state index contributed by atoms with van der Waals surface area (Å²) in [6, 6.07) is 0. The van der Waals surface area contributed by atoms with Crippen LogP contribution in [0.1, 0.15) is 26.6 Å². The van der Waals surface area contributed by atoms with Crippen molar-refractivity contribution >= 4 is 22.9 Å². The van der Waals surface area contributed by atoms with E-state index in [0.29, 0.717) is 11.5 Å². The molecular formula is C10H14N4OS. The summed E-state index contributed by atoms with van der Waals surface area (Å²) >= 11 is 1.64. The van der Waals surface area contributed by atoms with E-state index in [1.165, 1.54) is 0 Å². The summed E-state index contributed by atoms with van der Waals surface area (Å²) in [5, 5.41) is 9.75. The standard InChI is InChI=1S/C10H14N4OS/c1-10(2,3)16-9-12-6-4-11-7(5-15)13-8(6)14-9/h4,15H,5H2,1-3H3,(H,11,12,13,14). The Labute approximate surface area is 97.7 Å². The summed E-state index contributed by atoms with van der Waals surface area (Å²) in [5.41, 5.74) is 1.40. The maximum Gasteiger partial charge on any atom is 0.182 e. The highest BCUT2D eigenvalue weighted by Crippen LogP contribution is 2.30. The Morgan fingerprint density at radius 1 is 1.38 bits per heavy atom. The number of aliphatic hydroxyl groups is 1. The third kappa shape index (κ3) is 2.51. The first-order chi connectivity index (χ1) is 7.48. The lowest BCUT2D eigenvalue weighted by Crippen LogP contribution is -2.07. The molecule has 0 aliphatic carbocycles. The lowest BCUT2D eigenvalue weighted by molar-refractivity contribution is 0.271. The van der Waals surface area contributed by atoms with Crippen LogP contribution in [-0.4, -0.2) is 29.8 Å². The van der Waals surface area contributed by atoms with Gasteiger partial charge in [0.25, 0.3) is 0 Å². The lowest BCUT2D eigenvalue weighted by atomic mass is 10.3. The van der Waals surface area contributed by atoms with Gasteiger partial charge in [-0.05, 0) is 0 Å². The first-order valence-corrected chi connectivity index (χ1v) is 5.81. The molecule has 16 heavy (non-hydrogen) atoms. The van der Waals surface area contributed by atoms with Crippen molar-refractivity contribution < 1.29 is 5.11 Å². The fraction of sp³-hybridized carbons (Fsp3) is 0.500. The van der Waals surface area contributed by atoms with Crippen LogP contribution in [0, 0.1) is 0 Å². The topological polar surface area (TPSA) is 74.7 Å². The first kappa shape index (κ1) is 11.3. The maximum atomic E-state index is 8.92. The van der Waals surface area contributed by atoms with Crippen LogP contribution in [0.4, 0.5) is 0 Å². The van der Waals surface area contributed by atoms with E-state index in [9.17, 15) is 0 Å². The number of fused-ring (bicyclic) bond motifs is 1. The second kappa shape index (κ2) is 4.03. The van der Waals surface area contributed by atoms with Gasteiger partial charge in [-0.2, -0.15) is 0 Å². The molecule has 0 aromatic carbocycles. The number of imidazole rings is 1.